The van der Waals surface area contributed by atoms with Gasteiger partial charge in [-0.2, -0.15) is 0 Å². The SMILES string of the molecule is CC1NC2CCC1N2C. The molecule has 2 heterocycles. The van der Waals surface area contributed by atoms with Crippen LogP contribution in [0.5, 0.6) is 0 Å². The number of rotatable bonds is 0. The minimum Gasteiger partial charge on any atom is -0.298 e. The Balaban J connectivity index is 2.16. The zero-order chi connectivity index (χ0) is 6.43. The van der Waals surface area contributed by atoms with Gasteiger partial charge in [-0.1, -0.05) is 0 Å². The Bertz CT molecular complexity index is 124. The number of likely N-dealkylation sites (N-methyl/N-ethyl adjacent to an activating group) is 1. The molecule has 2 bridgehead atoms. The van der Waals surface area contributed by atoms with Gasteiger partial charge in [0.05, 0.1) is 6.17 Å². The van der Waals surface area contributed by atoms with Crippen LogP contribution >= 0.6 is 0 Å². The fourth-order valence-corrected chi connectivity index (χ4v) is 2.19. The highest BCUT2D eigenvalue weighted by Crippen LogP contribution is 2.29. The highest BCUT2D eigenvalue weighted by Gasteiger charge is 2.40. The summed E-state index contributed by atoms with van der Waals surface area (Å²) in [6.45, 7) is 2.28. The normalized spacial score (nSPS) is 50.7. The number of hydrogen-bond donors (Lipinski definition) is 1. The fourth-order valence-electron chi connectivity index (χ4n) is 2.19. The molecule has 52 valence electrons. The highest BCUT2D eigenvalue weighted by molar-refractivity contribution is 4.97. The van der Waals surface area contributed by atoms with Crippen molar-refractivity contribution >= 4 is 0 Å². The molecule has 2 heteroatoms. The molecule has 2 fully saturated rings. The van der Waals surface area contributed by atoms with E-state index in [1.54, 1.807) is 0 Å². The van der Waals surface area contributed by atoms with Gasteiger partial charge < -0.3 is 0 Å². The molecule has 2 nitrogen and oxygen atoms in total. The first kappa shape index (κ1) is 5.69. The largest absolute Gasteiger partial charge is 0.298 e. The summed E-state index contributed by atoms with van der Waals surface area (Å²) >= 11 is 0. The van der Waals surface area contributed by atoms with Crippen molar-refractivity contribution in [2.45, 2.75) is 38.0 Å². The molecule has 2 rings (SSSR count). The van der Waals surface area contributed by atoms with E-state index in [0.717, 1.165) is 12.1 Å². The molecule has 0 amide bonds. The molecule has 1 N–H and O–H groups in total. The van der Waals surface area contributed by atoms with Gasteiger partial charge in [-0.25, -0.2) is 0 Å². The predicted octanol–water partition coefficient (Wildman–Crippen LogP) is 0.398. The van der Waals surface area contributed by atoms with Crippen molar-refractivity contribution in [1.29, 1.82) is 0 Å². The van der Waals surface area contributed by atoms with Gasteiger partial charge >= 0.3 is 0 Å². The van der Waals surface area contributed by atoms with Gasteiger partial charge in [-0.3, -0.25) is 10.2 Å². The van der Waals surface area contributed by atoms with Crippen LogP contribution in [0.4, 0.5) is 0 Å². The minimum atomic E-state index is 0.699. The Morgan fingerprint density at radius 2 is 2.22 bits per heavy atom. The third-order valence-electron chi connectivity index (χ3n) is 2.78. The summed E-state index contributed by atoms with van der Waals surface area (Å²) in [6, 6.07) is 1.56. The van der Waals surface area contributed by atoms with Crippen molar-refractivity contribution < 1.29 is 0 Å². The Labute approximate surface area is 56.2 Å². The van der Waals surface area contributed by atoms with Crippen LogP contribution in [0.1, 0.15) is 19.8 Å². The molecule has 0 radical (unpaired) electrons. The van der Waals surface area contributed by atoms with Crippen molar-refractivity contribution in [3.8, 4) is 0 Å². The van der Waals surface area contributed by atoms with E-state index in [9.17, 15) is 0 Å². The lowest BCUT2D eigenvalue weighted by molar-refractivity contribution is 0.304. The van der Waals surface area contributed by atoms with Crippen molar-refractivity contribution in [2.75, 3.05) is 7.05 Å². The van der Waals surface area contributed by atoms with E-state index in [-0.39, 0.29) is 0 Å². The maximum Gasteiger partial charge on any atom is 0.0600 e. The molecule has 9 heavy (non-hydrogen) atoms. The summed E-state index contributed by atoms with van der Waals surface area (Å²) in [5, 5.41) is 3.53. The van der Waals surface area contributed by atoms with Crippen LogP contribution in [-0.2, 0) is 0 Å². The van der Waals surface area contributed by atoms with Gasteiger partial charge in [0.25, 0.3) is 0 Å². The second-order valence-electron chi connectivity index (χ2n) is 3.28. The summed E-state index contributed by atoms with van der Waals surface area (Å²) in [5.74, 6) is 0. The van der Waals surface area contributed by atoms with Gasteiger partial charge in [0.2, 0.25) is 0 Å². The van der Waals surface area contributed by atoms with E-state index < -0.39 is 0 Å². The molecular formula is C7H14N2. The predicted molar refractivity (Wildman–Crippen MR) is 37.2 cm³/mol. The van der Waals surface area contributed by atoms with E-state index in [0.29, 0.717) is 6.17 Å². The summed E-state index contributed by atoms with van der Waals surface area (Å²) in [5.41, 5.74) is 0. The lowest BCUT2D eigenvalue weighted by atomic mass is 10.1. The van der Waals surface area contributed by atoms with Crippen molar-refractivity contribution in [1.82, 2.24) is 10.2 Å². The summed E-state index contributed by atoms with van der Waals surface area (Å²) in [4.78, 5) is 2.46. The average Bonchev–Trinajstić information content (AvgIpc) is 2.25. The topological polar surface area (TPSA) is 15.3 Å². The maximum absolute atomic E-state index is 3.53. The van der Waals surface area contributed by atoms with Crippen molar-refractivity contribution in [2.24, 2.45) is 0 Å². The van der Waals surface area contributed by atoms with E-state index >= 15 is 0 Å². The number of nitrogens with one attached hydrogen (secondary N) is 1. The molecule has 0 aliphatic carbocycles. The minimum absolute atomic E-state index is 0.699. The van der Waals surface area contributed by atoms with Gasteiger partial charge in [0.15, 0.2) is 0 Å². The first-order chi connectivity index (χ1) is 4.29. The van der Waals surface area contributed by atoms with Crippen LogP contribution in [0.3, 0.4) is 0 Å². The van der Waals surface area contributed by atoms with E-state index in [1.165, 1.54) is 12.8 Å². The number of hydrogen-bond acceptors (Lipinski definition) is 2. The molecule has 0 aromatic heterocycles. The average molecular weight is 126 g/mol. The summed E-state index contributed by atoms with van der Waals surface area (Å²) in [6.07, 6.45) is 3.45. The Kier molecular flexibility index (Phi) is 1.08. The first-order valence-corrected chi connectivity index (χ1v) is 3.77. The second kappa shape index (κ2) is 1.70. The van der Waals surface area contributed by atoms with Gasteiger partial charge in [0.1, 0.15) is 0 Å². The lowest BCUT2D eigenvalue weighted by Gasteiger charge is -2.16. The molecule has 2 aliphatic rings. The molecule has 0 aromatic rings. The van der Waals surface area contributed by atoms with Crippen LogP contribution in [0.25, 0.3) is 0 Å². The van der Waals surface area contributed by atoms with Crippen LogP contribution in [0, 0.1) is 0 Å². The molecule has 3 atom stereocenters. The Morgan fingerprint density at radius 1 is 1.44 bits per heavy atom. The molecule has 0 saturated carbocycles. The molecule has 0 spiro atoms. The monoisotopic (exact) mass is 126 g/mol. The second-order valence-corrected chi connectivity index (χ2v) is 3.28. The highest BCUT2D eigenvalue weighted by atomic mass is 15.4. The number of piperidine rings is 1. The van der Waals surface area contributed by atoms with Crippen molar-refractivity contribution in [3.05, 3.63) is 0 Å². The first-order valence-electron chi connectivity index (χ1n) is 3.77. The molecular weight excluding hydrogens is 112 g/mol. The molecule has 2 aliphatic heterocycles. The zero-order valence-electron chi connectivity index (χ0n) is 6.09. The quantitative estimate of drug-likeness (QED) is 0.505. The van der Waals surface area contributed by atoms with E-state index in [2.05, 4.69) is 24.2 Å². The number of nitrogens with zero attached hydrogens (tertiary/aromatic N) is 1. The lowest BCUT2D eigenvalue weighted by Crippen LogP contribution is -2.34. The van der Waals surface area contributed by atoms with Gasteiger partial charge in [0, 0.05) is 12.1 Å². The van der Waals surface area contributed by atoms with Crippen molar-refractivity contribution in [3.63, 3.8) is 0 Å². The zero-order valence-corrected chi connectivity index (χ0v) is 6.09. The Hall–Kier alpha value is -0.0800. The summed E-state index contributed by atoms with van der Waals surface area (Å²) < 4.78 is 0. The third kappa shape index (κ3) is 0.634. The molecule has 0 aromatic carbocycles. The van der Waals surface area contributed by atoms with E-state index in [4.69, 9.17) is 0 Å². The van der Waals surface area contributed by atoms with Crippen LogP contribution < -0.4 is 5.32 Å². The van der Waals surface area contributed by atoms with Crippen LogP contribution in [0.15, 0.2) is 0 Å². The van der Waals surface area contributed by atoms with Crippen LogP contribution in [-0.4, -0.2) is 30.2 Å². The standard InChI is InChI=1S/C7H14N2/c1-5-6-3-4-7(8-5)9(6)2/h5-8H,3-4H2,1-2H3. The molecule has 3 unspecified atom stereocenters. The summed E-state index contributed by atoms with van der Waals surface area (Å²) in [7, 11) is 2.22. The van der Waals surface area contributed by atoms with Gasteiger partial charge in [-0.05, 0) is 26.8 Å². The van der Waals surface area contributed by atoms with Crippen LogP contribution in [0.2, 0.25) is 0 Å². The third-order valence-corrected chi connectivity index (χ3v) is 2.78. The molecule has 2 saturated heterocycles. The number of fused-ring (bicyclic) bond motifs is 2. The van der Waals surface area contributed by atoms with Gasteiger partial charge in [-0.15, -0.1) is 0 Å². The Morgan fingerprint density at radius 3 is 2.44 bits per heavy atom. The fraction of sp³-hybridized carbons (Fsp3) is 1.00. The smallest absolute Gasteiger partial charge is 0.0600 e. The maximum atomic E-state index is 3.53. The van der Waals surface area contributed by atoms with E-state index in [1.807, 2.05) is 0 Å².